The fourth-order valence-electron chi connectivity index (χ4n) is 1.20. The molecule has 0 N–H and O–H groups in total. The number of hydrogen-bond acceptors (Lipinski definition) is 1. The summed E-state index contributed by atoms with van der Waals surface area (Å²) in [5.74, 6) is -2.39. The lowest BCUT2D eigenvalue weighted by atomic mass is 9.82. The summed E-state index contributed by atoms with van der Waals surface area (Å²) < 4.78 is 26.2. The summed E-state index contributed by atoms with van der Waals surface area (Å²) in [5.41, 5.74) is -0.823. The molecule has 0 fully saturated rings. The Balaban J connectivity index is 3.18. The van der Waals surface area contributed by atoms with Crippen molar-refractivity contribution in [3.05, 3.63) is 35.4 Å². The van der Waals surface area contributed by atoms with Crippen molar-refractivity contribution in [2.45, 2.75) is 27.2 Å². The highest BCUT2D eigenvalue weighted by atomic mass is 19.2. The molecule has 0 aromatic heterocycles. The second-order valence-electron chi connectivity index (χ2n) is 4.17. The predicted octanol–water partition coefficient (Wildman–Crippen LogP) is 3.58. The largest absolute Gasteiger partial charge is 0.293 e. The van der Waals surface area contributed by atoms with Crippen LogP contribution in [0.15, 0.2) is 18.2 Å². The van der Waals surface area contributed by atoms with Gasteiger partial charge in [-0.25, -0.2) is 8.78 Å². The van der Waals surface area contributed by atoms with Crippen molar-refractivity contribution in [1.29, 1.82) is 0 Å². The van der Waals surface area contributed by atoms with Gasteiger partial charge in [-0.3, -0.25) is 4.79 Å². The van der Waals surface area contributed by atoms with Crippen molar-refractivity contribution >= 4 is 5.78 Å². The van der Waals surface area contributed by atoms with E-state index in [0.29, 0.717) is 6.42 Å². The highest BCUT2D eigenvalue weighted by Crippen LogP contribution is 2.27. The van der Waals surface area contributed by atoms with Crippen molar-refractivity contribution in [3.8, 4) is 0 Å². The second-order valence-corrected chi connectivity index (χ2v) is 4.17. The van der Waals surface area contributed by atoms with Gasteiger partial charge in [0, 0.05) is 5.41 Å². The summed E-state index contributed by atoms with van der Waals surface area (Å²) in [6.07, 6.45) is 0.585. The third-order valence-electron chi connectivity index (χ3n) is 2.69. The number of halogens is 2. The maximum Gasteiger partial charge on any atom is 0.171 e. The first kappa shape index (κ1) is 11.8. The van der Waals surface area contributed by atoms with Gasteiger partial charge in [-0.05, 0) is 18.6 Å². The van der Waals surface area contributed by atoms with Crippen LogP contribution in [0, 0.1) is 17.0 Å². The summed E-state index contributed by atoms with van der Waals surface area (Å²) in [6.45, 7) is 5.29. The Hall–Kier alpha value is -1.25. The lowest BCUT2D eigenvalue weighted by Crippen LogP contribution is -2.24. The molecule has 0 radical (unpaired) electrons. The molecule has 0 saturated carbocycles. The molecule has 0 spiro atoms. The van der Waals surface area contributed by atoms with E-state index in [-0.39, 0.29) is 11.3 Å². The van der Waals surface area contributed by atoms with E-state index in [2.05, 4.69) is 0 Å². The maximum absolute atomic E-state index is 13.3. The van der Waals surface area contributed by atoms with Crippen molar-refractivity contribution < 1.29 is 13.6 Å². The Labute approximate surface area is 88.1 Å². The molecule has 15 heavy (non-hydrogen) atoms. The van der Waals surface area contributed by atoms with Crippen LogP contribution in [0.2, 0.25) is 0 Å². The van der Waals surface area contributed by atoms with E-state index in [4.69, 9.17) is 0 Å². The molecule has 1 rings (SSSR count). The quantitative estimate of drug-likeness (QED) is 0.700. The van der Waals surface area contributed by atoms with Crippen molar-refractivity contribution in [3.63, 3.8) is 0 Å². The third-order valence-corrected chi connectivity index (χ3v) is 2.69. The van der Waals surface area contributed by atoms with Crippen LogP contribution in [0.3, 0.4) is 0 Å². The first-order valence-corrected chi connectivity index (χ1v) is 4.89. The van der Waals surface area contributed by atoms with Crippen LogP contribution in [-0.2, 0) is 0 Å². The van der Waals surface area contributed by atoms with Crippen molar-refractivity contribution in [1.82, 2.24) is 0 Å². The standard InChI is InChI=1S/C12H14F2O/c1-4-12(2,3)11(15)8-6-5-7-9(13)10(8)14/h5-7H,4H2,1-3H3. The Morgan fingerprint density at radius 2 is 1.93 bits per heavy atom. The van der Waals surface area contributed by atoms with Crippen LogP contribution >= 0.6 is 0 Å². The lowest BCUT2D eigenvalue weighted by molar-refractivity contribution is 0.0827. The molecule has 0 unspecified atom stereocenters. The van der Waals surface area contributed by atoms with E-state index in [9.17, 15) is 13.6 Å². The van der Waals surface area contributed by atoms with Gasteiger partial charge in [0.2, 0.25) is 0 Å². The van der Waals surface area contributed by atoms with E-state index in [1.54, 1.807) is 13.8 Å². The Morgan fingerprint density at radius 1 is 1.33 bits per heavy atom. The van der Waals surface area contributed by atoms with E-state index < -0.39 is 17.0 Å². The minimum Gasteiger partial charge on any atom is -0.293 e. The average Bonchev–Trinajstić information content (AvgIpc) is 2.21. The fraction of sp³-hybridized carbons (Fsp3) is 0.417. The van der Waals surface area contributed by atoms with Gasteiger partial charge in [0.25, 0.3) is 0 Å². The topological polar surface area (TPSA) is 17.1 Å². The van der Waals surface area contributed by atoms with Gasteiger partial charge >= 0.3 is 0 Å². The van der Waals surface area contributed by atoms with Gasteiger partial charge in [-0.1, -0.05) is 26.8 Å². The van der Waals surface area contributed by atoms with Crippen LogP contribution in [0.4, 0.5) is 8.78 Å². The molecule has 0 atom stereocenters. The summed E-state index contributed by atoms with van der Waals surface area (Å²) in [6, 6.07) is 3.67. The van der Waals surface area contributed by atoms with Gasteiger partial charge in [-0.2, -0.15) is 0 Å². The third kappa shape index (κ3) is 2.22. The van der Waals surface area contributed by atoms with E-state index >= 15 is 0 Å². The van der Waals surface area contributed by atoms with Gasteiger partial charge < -0.3 is 0 Å². The molecule has 0 saturated heterocycles. The Bertz CT molecular complexity index is 383. The van der Waals surface area contributed by atoms with Crippen LogP contribution in [0.5, 0.6) is 0 Å². The summed E-state index contributed by atoms with van der Waals surface area (Å²) in [5, 5.41) is 0. The molecule has 0 heterocycles. The Kier molecular flexibility index (Phi) is 3.22. The van der Waals surface area contributed by atoms with E-state index in [0.717, 1.165) is 6.07 Å². The molecule has 0 aliphatic carbocycles. The van der Waals surface area contributed by atoms with E-state index in [1.165, 1.54) is 12.1 Å². The van der Waals surface area contributed by atoms with Gasteiger partial charge in [0.1, 0.15) is 0 Å². The average molecular weight is 212 g/mol. The smallest absolute Gasteiger partial charge is 0.171 e. The number of ketones is 1. The highest BCUT2D eigenvalue weighted by Gasteiger charge is 2.29. The van der Waals surface area contributed by atoms with Gasteiger partial charge in [0.15, 0.2) is 17.4 Å². The first-order chi connectivity index (χ1) is 6.90. The van der Waals surface area contributed by atoms with Crippen LogP contribution in [0.1, 0.15) is 37.6 Å². The normalized spacial score (nSPS) is 11.5. The molecule has 1 nitrogen and oxygen atoms in total. The zero-order chi connectivity index (χ0) is 11.6. The minimum absolute atomic E-state index is 0.165. The Morgan fingerprint density at radius 3 is 2.47 bits per heavy atom. The maximum atomic E-state index is 13.3. The molecular weight excluding hydrogens is 198 g/mol. The molecular formula is C12H14F2O. The number of carbonyl (C=O) groups is 1. The fourth-order valence-corrected chi connectivity index (χ4v) is 1.20. The summed E-state index contributed by atoms with van der Waals surface area (Å²) >= 11 is 0. The van der Waals surface area contributed by atoms with Crippen LogP contribution < -0.4 is 0 Å². The number of hydrogen-bond donors (Lipinski definition) is 0. The molecule has 0 aliphatic rings. The molecule has 3 heteroatoms. The van der Waals surface area contributed by atoms with Crippen LogP contribution in [-0.4, -0.2) is 5.78 Å². The summed E-state index contributed by atoms with van der Waals surface area (Å²) in [4.78, 5) is 11.9. The van der Waals surface area contributed by atoms with Gasteiger partial charge in [-0.15, -0.1) is 0 Å². The van der Waals surface area contributed by atoms with Crippen LogP contribution in [0.25, 0.3) is 0 Å². The van der Waals surface area contributed by atoms with Gasteiger partial charge in [0.05, 0.1) is 5.56 Å². The minimum atomic E-state index is -1.05. The number of rotatable bonds is 3. The molecule has 1 aromatic rings. The molecule has 1 aromatic carbocycles. The second kappa shape index (κ2) is 4.09. The van der Waals surface area contributed by atoms with Crippen molar-refractivity contribution in [2.75, 3.05) is 0 Å². The molecule has 82 valence electrons. The zero-order valence-corrected chi connectivity index (χ0v) is 9.10. The molecule has 0 amide bonds. The lowest BCUT2D eigenvalue weighted by Gasteiger charge is -2.21. The predicted molar refractivity (Wildman–Crippen MR) is 54.8 cm³/mol. The van der Waals surface area contributed by atoms with Crippen molar-refractivity contribution in [2.24, 2.45) is 5.41 Å². The number of Topliss-reactive ketones (excluding diaryl/α,β-unsaturated/α-hetero) is 1. The number of benzene rings is 1. The monoisotopic (exact) mass is 212 g/mol. The van der Waals surface area contributed by atoms with E-state index in [1.807, 2.05) is 6.92 Å². The molecule has 0 aliphatic heterocycles. The first-order valence-electron chi connectivity index (χ1n) is 4.89. The zero-order valence-electron chi connectivity index (χ0n) is 9.10. The summed E-state index contributed by atoms with van der Waals surface area (Å²) in [7, 11) is 0. The molecule has 0 bridgehead atoms. The SMILES string of the molecule is CCC(C)(C)C(=O)c1cccc(F)c1F. The highest BCUT2D eigenvalue weighted by molar-refractivity contribution is 6.00. The number of carbonyl (C=O) groups excluding carboxylic acids is 1.